The van der Waals surface area contributed by atoms with Gasteiger partial charge in [-0.25, -0.2) is 8.42 Å². The van der Waals surface area contributed by atoms with E-state index >= 15 is 0 Å². The van der Waals surface area contributed by atoms with Gasteiger partial charge < -0.3 is 10.0 Å². The smallest absolute Gasteiger partial charge is 0.180 e. The van der Waals surface area contributed by atoms with Crippen molar-refractivity contribution in [2.45, 2.75) is 31.3 Å². The molecule has 0 spiro atoms. The van der Waals surface area contributed by atoms with Crippen LogP contribution >= 0.6 is 0 Å². The van der Waals surface area contributed by atoms with E-state index in [4.69, 9.17) is 0 Å². The minimum absolute atomic E-state index is 0.0941. The molecule has 1 aliphatic heterocycles. The van der Waals surface area contributed by atoms with Crippen LogP contribution in [0.15, 0.2) is 29.2 Å². The Balaban J connectivity index is 2.36. The molecule has 0 saturated carbocycles. The van der Waals surface area contributed by atoms with E-state index in [0.717, 1.165) is 18.7 Å². The summed E-state index contributed by atoms with van der Waals surface area (Å²) in [5.74, 6) is 0.364. The predicted octanol–water partition coefficient (Wildman–Crippen LogP) is 1.69. The van der Waals surface area contributed by atoms with Crippen LogP contribution in [0.2, 0.25) is 0 Å². The number of anilines is 1. The fraction of sp³-hybridized carbons (Fsp3) is 0.571. The zero-order valence-corrected chi connectivity index (χ0v) is 12.2. The number of hydrogen-bond acceptors (Lipinski definition) is 4. The molecule has 1 heterocycles. The summed E-state index contributed by atoms with van der Waals surface area (Å²) >= 11 is 0. The van der Waals surface area contributed by atoms with Gasteiger partial charge in [-0.05, 0) is 24.5 Å². The van der Waals surface area contributed by atoms with Gasteiger partial charge in [-0.3, -0.25) is 0 Å². The Morgan fingerprint density at radius 3 is 2.68 bits per heavy atom. The Kier molecular flexibility index (Phi) is 4.16. The van der Waals surface area contributed by atoms with E-state index in [2.05, 4.69) is 0 Å². The highest BCUT2D eigenvalue weighted by atomic mass is 32.2. The number of benzene rings is 1. The van der Waals surface area contributed by atoms with Gasteiger partial charge in [0.2, 0.25) is 0 Å². The topological polar surface area (TPSA) is 57.6 Å². The number of rotatable bonds is 3. The summed E-state index contributed by atoms with van der Waals surface area (Å²) in [7, 11) is -3.23. The van der Waals surface area contributed by atoms with Crippen molar-refractivity contribution >= 4 is 15.5 Å². The summed E-state index contributed by atoms with van der Waals surface area (Å²) in [5.41, 5.74) is 0.718. The Hall–Kier alpha value is -1.07. The van der Waals surface area contributed by atoms with Crippen molar-refractivity contribution in [1.29, 1.82) is 0 Å². The Morgan fingerprint density at radius 1 is 1.37 bits per heavy atom. The van der Waals surface area contributed by atoms with Gasteiger partial charge >= 0.3 is 0 Å². The van der Waals surface area contributed by atoms with E-state index in [1.54, 1.807) is 19.1 Å². The monoisotopic (exact) mass is 283 g/mol. The number of piperidine rings is 1. The normalized spacial score (nSPS) is 24.5. The van der Waals surface area contributed by atoms with Crippen molar-refractivity contribution < 1.29 is 13.5 Å². The second-order valence-corrected chi connectivity index (χ2v) is 7.40. The number of nitrogens with zero attached hydrogens (tertiary/aromatic N) is 1. The number of hydrogen-bond donors (Lipinski definition) is 1. The fourth-order valence-electron chi connectivity index (χ4n) is 2.40. The van der Waals surface area contributed by atoms with Crippen molar-refractivity contribution in [2.75, 3.05) is 23.7 Å². The second-order valence-electron chi connectivity index (χ2n) is 5.15. The first-order chi connectivity index (χ1) is 8.95. The molecule has 1 saturated heterocycles. The van der Waals surface area contributed by atoms with E-state index in [1.807, 2.05) is 24.0 Å². The second kappa shape index (κ2) is 5.51. The van der Waals surface area contributed by atoms with Gasteiger partial charge in [-0.2, -0.15) is 0 Å². The zero-order valence-electron chi connectivity index (χ0n) is 11.4. The maximum absolute atomic E-state index is 12.1. The van der Waals surface area contributed by atoms with Crippen molar-refractivity contribution in [3.05, 3.63) is 24.3 Å². The Bertz CT molecular complexity index is 541. The van der Waals surface area contributed by atoms with Crippen molar-refractivity contribution in [2.24, 2.45) is 5.92 Å². The van der Waals surface area contributed by atoms with Crippen LogP contribution in [0.5, 0.6) is 0 Å². The molecule has 1 aliphatic rings. The fourth-order valence-corrected chi connectivity index (χ4v) is 3.52. The molecule has 1 aromatic rings. The van der Waals surface area contributed by atoms with E-state index in [0.29, 0.717) is 11.4 Å². The molecule has 2 atom stereocenters. The minimum atomic E-state index is -3.23. The lowest BCUT2D eigenvalue weighted by molar-refractivity contribution is 0.103. The summed E-state index contributed by atoms with van der Waals surface area (Å²) < 4.78 is 24.2. The van der Waals surface area contributed by atoms with Gasteiger partial charge in [-0.1, -0.05) is 26.0 Å². The molecular weight excluding hydrogens is 262 g/mol. The summed E-state index contributed by atoms with van der Waals surface area (Å²) in [6.45, 7) is 4.96. The number of para-hydroxylation sites is 1. The van der Waals surface area contributed by atoms with E-state index in [1.165, 1.54) is 0 Å². The number of aliphatic hydroxyl groups excluding tert-OH is 1. The lowest BCUT2D eigenvalue weighted by Crippen LogP contribution is -2.43. The van der Waals surface area contributed by atoms with Crippen LogP contribution in [-0.4, -0.2) is 38.5 Å². The molecule has 4 nitrogen and oxygen atoms in total. The van der Waals surface area contributed by atoms with Gasteiger partial charge in [0.05, 0.1) is 22.4 Å². The van der Waals surface area contributed by atoms with Gasteiger partial charge in [-0.15, -0.1) is 0 Å². The summed E-state index contributed by atoms with van der Waals surface area (Å²) in [6, 6.07) is 7.06. The van der Waals surface area contributed by atoms with Crippen molar-refractivity contribution in [3.63, 3.8) is 0 Å². The first kappa shape index (κ1) is 14.3. The van der Waals surface area contributed by atoms with Crippen molar-refractivity contribution in [1.82, 2.24) is 0 Å². The van der Waals surface area contributed by atoms with Gasteiger partial charge in [0, 0.05) is 13.1 Å². The SMILES string of the molecule is CCS(=O)(=O)c1ccccc1N1CC[C@H](C)[C@H](O)C1. The molecular formula is C14H21NO3S. The van der Waals surface area contributed by atoms with Gasteiger partial charge in [0.15, 0.2) is 9.84 Å². The first-order valence-corrected chi connectivity index (χ1v) is 8.35. The Morgan fingerprint density at radius 2 is 2.05 bits per heavy atom. The highest BCUT2D eigenvalue weighted by Gasteiger charge is 2.27. The lowest BCUT2D eigenvalue weighted by Gasteiger charge is -2.36. The van der Waals surface area contributed by atoms with Crippen LogP contribution in [0.3, 0.4) is 0 Å². The lowest BCUT2D eigenvalue weighted by atomic mass is 9.96. The molecule has 0 unspecified atom stereocenters. The number of β-amino-alcohol motifs (C(OH)–C–C–N with tert-alkyl or cyclic N) is 1. The van der Waals surface area contributed by atoms with E-state index in [-0.39, 0.29) is 11.7 Å². The van der Waals surface area contributed by atoms with E-state index < -0.39 is 15.9 Å². The largest absolute Gasteiger partial charge is 0.391 e. The maximum Gasteiger partial charge on any atom is 0.180 e. The molecule has 0 bridgehead atoms. The van der Waals surface area contributed by atoms with Crippen LogP contribution in [-0.2, 0) is 9.84 Å². The molecule has 1 aromatic carbocycles. The zero-order chi connectivity index (χ0) is 14.0. The van der Waals surface area contributed by atoms with Crippen molar-refractivity contribution in [3.8, 4) is 0 Å². The van der Waals surface area contributed by atoms with Crippen LogP contribution in [0.4, 0.5) is 5.69 Å². The highest BCUT2D eigenvalue weighted by molar-refractivity contribution is 7.91. The summed E-state index contributed by atoms with van der Waals surface area (Å²) in [5, 5.41) is 9.97. The summed E-state index contributed by atoms with van der Waals surface area (Å²) in [4.78, 5) is 2.35. The van der Waals surface area contributed by atoms with Crippen LogP contribution in [0.1, 0.15) is 20.3 Å². The number of sulfone groups is 1. The molecule has 106 valence electrons. The predicted molar refractivity (Wildman–Crippen MR) is 76.2 cm³/mol. The average molecular weight is 283 g/mol. The van der Waals surface area contributed by atoms with Crippen LogP contribution in [0, 0.1) is 5.92 Å². The average Bonchev–Trinajstić information content (AvgIpc) is 2.42. The summed E-state index contributed by atoms with van der Waals surface area (Å²) in [6.07, 6.45) is 0.480. The van der Waals surface area contributed by atoms with Gasteiger partial charge in [0.1, 0.15) is 0 Å². The maximum atomic E-state index is 12.1. The number of aliphatic hydroxyl groups is 1. The first-order valence-electron chi connectivity index (χ1n) is 6.70. The van der Waals surface area contributed by atoms with Crippen LogP contribution in [0.25, 0.3) is 0 Å². The molecule has 0 radical (unpaired) electrons. The third-order valence-electron chi connectivity index (χ3n) is 3.84. The highest BCUT2D eigenvalue weighted by Crippen LogP contribution is 2.29. The van der Waals surface area contributed by atoms with E-state index in [9.17, 15) is 13.5 Å². The molecule has 19 heavy (non-hydrogen) atoms. The molecule has 5 heteroatoms. The molecule has 1 N–H and O–H groups in total. The molecule has 1 fully saturated rings. The Labute approximate surface area is 115 Å². The molecule has 0 aliphatic carbocycles. The van der Waals surface area contributed by atoms with Crippen LogP contribution < -0.4 is 4.90 Å². The third kappa shape index (κ3) is 2.92. The standard InChI is InChI=1S/C14H21NO3S/c1-3-19(17,18)14-7-5-4-6-12(14)15-9-8-11(2)13(16)10-15/h4-7,11,13,16H,3,8-10H2,1-2H3/t11-,13+/m0/s1. The third-order valence-corrected chi connectivity index (χ3v) is 5.62. The molecule has 0 amide bonds. The van der Waals surface area contributed by atoms with Gasteiger partial charge in [0.25, 0.3) is 0 Å². The molecule has 0 aromatic heterocycles. The quantitative estimate of drug-likeness (QED) is 0.917. The minimum Gasteiger partial charge on any atom is -0.391 e. The molecule has 2 rings (SSSR count).